The number of rotatable bonds is 6. The van der Waals surface area contributed by atoms with Crippen LogP contribution in [0.1, 0.15) is 0 Å². The van der Waals surface area contributed by atoms with Crippen molar-refractivity contribution in [1.82, 2.24) is 14.9 Å². The van der Waals surface area contributed by atoms with E-state index in [4.69, 9.17) is 5.11 Å². The van der Waals surface area contributed by atoms with E-state index in [0.29, 0.717) is 0 Å². The second-order valence-electron chi connectivity index (χ2n) is 4.57. The minimum Gasteiger partial charge on any atom is -0.480 e. The number of fused-ring (bicyclic) bond motifs is 1. The summed E-state index contributed by atoms with van der Waals surface area (Å²) in [7, 11) is 0. The minimum atomic E-state index is -1.34. The molecule has 0 fully saturated rings. The molecule has 0 aliphatic rings. The van der Waals surface area contributed by atoms with Gasteiger partial charge in [0.2, 0.25) is 0 Å². The van der Waals surface area contributed by atoms with Gasteiger partial charge in [0.1, 0.15) is 12.6 Å². The van der Waals surface area contributed by atoms with Gasteiger partial charge in [-0.1, -0.05) is 12.7 Å². The van der Waals surface area contributed by atoms with Crippen molar-refractivity contribution in [2.75, 3.05) is 6.61 Å². The number of aromatic nitrogens is 2. The Balaban J connectivity index is 2.20. The average molecular weight is 325 g/mol. The number of carbonyl (C=O) groups excluding carboxylic acids is 1. The Hall–Kier alpha value is -2.97. The number of nitrogens with zero attached hydrogens (tertiary/aromatic N) is 2. The lowest BCUT2D eigenvalue weighted by molar-refractivity contribution is -0.139. The Morgan fingerprint density at radius 1 is 1.43 bits per heavy atom. The molecule has 0 saturated heterocycles. The van der Waals surface area contributed by atoms with Gasteiger partial charge in [-0.15, -0.1) is 0 Å². The molecule has 0 aliphatic carbocycles. The molecule has 2 N–H and O–H groups in total. The van der Waals surface area contributed by atoms with E-state index in [-0.39, 0.29) is 24.2 Å². The van der Waals surface area contributed by atoms with E-state index in [1.165, 1.54) is 17.0 Å². The van der Waals surface area contributed by atoms with E-state index in [0.717, 1.165) is 12.1 Å². The van der Waals surface area contributed by atoms with Crippen molar-refractivity contribution in [2.24, 2.45) is 0 Å². The summed E-state index contributed by atoms with van der Waals surface area (Å²) in [6, 6.07) is 0.479. The summed E-state index contributed by atoms with van der Waals surface area (Å²) in [5.74, 6) is -3.45. The van der Waals surface area contributed by atoms with Crippen molar-refractivity contribution < 1.29 is 28.2 Å². The van der Waals surface area contributed by atoms with Crippen molar-refractivity contribution in [3.63, 3.8) is 0 Å². The van der Waals surface area contributed by atoms with E-state index in [9.17, 15) is 18.4 Å². The third kappa shape index (κ3) is 3.82. The number of carbonyl (C=O) groups is 2. The predicted octanol–water partition coefficient (Wildman–Crippen LogP) is 1.68. The molecule has 0 saturated carbocycles. The van der Waals surface area contributed by atoms with Gasteiger partial charge < -0.3 is 19.7 Å². The largest absolute Gasteiger partial charge is 0.480 e. The molecule has 0 aliphatic heterocycles. The van der Waals surface area contributed by atoms with Crippen LogP contribution in [0.5, 0.6) is 0 Å². The van der Waals surface area contributed by atoms with Crippen LogP contribution in [0.15, 0.2) is 31.1 Å². The molecule has 9 heteroatoms. The number of amides is 1. The van der Waals surface area contributed by atoms with E-state index in [1.54, 1.807) is 0 Å². The van der Waals surface area contributed by atoms with E-state index >= 15 is 0 Å². The summed E-state index contributed by atoms with van der Waals surface area (Å²) < 4.78 is 32.4. The summed E-state index contributed by atoms with van der Waals surface area (Å²) in [5.41, 5.74) is 0.374. The monoisotopic (exact) mass is 325 g/mol. The van der Waals surface area contributed by atoms with Crippen LogP contribution in [0.4, 0.5) is 13.6 Å². The van der Waals surface area contributed by atoms with Crippen LogP contribution in [-0.2, 0) is 16.1 Å². The molecule has 2 aromatic rings. The SMILES string of the molecule is C=CCOC(=O)NC(Cn1cnc2cc(F)c(F)cc21)C(=O)O. The maximum Gasteiger partial charge on any atom is 0.408 e. The number of hydrogen-bond donors (Lipinski definition) is 2. The van der Waals surface area contributed by atoms with Gasteiger partial charge in [0.25, 0.3) is 0 Å². The number of aliphatic carboxylic acids is 1. The number of nitrogens with one attached hydrogen (secondary N) is 1. The van der Waals surface area contributed by atoms with Crippen molar-refractivity contribution >= 4 is 23.1 Å². The van der Waals surface area contributed by atoms with Crippen molar-refractivity contribution in [2.45, 2.75) is 12.6 Å². The van der Waals surface area contributed by atoms with Crippen molar-refractivity contribution in [3.05, 3.63) is 42.7 Å². The molecule has 0 bridgehead atoms. The smallest absolute Gasteiger partial charge is 0.408 e. The molecule has 7 nitrogen and oxygen atoms in total. The van der Waals surface area contributed by atoms with Crippen LogP contribution in [0.25, 0.3) is 11.0 Å². The summed E-state index contributed by atoms with van der Waals surface area (Å²) in [4.78, 5) is 26.5. The van der Waals surface area contributed by atoms with Crippen molar-refractivity contribution in [3.8, 4) is 0 Å². The number of carboxylic acid groups (broad SMARTS) is 1. The van der Waals surface area contributed by atoms with E-state index in [1.807, 2.05) is 0 Å². The molecule has 1 amide bonds. The van der Waals surface area contributed by atoms with E-state index in [2.05, 4.69) is 21.6 Å². The van der Waals surface area contributed by atoms with Gasteiger partial charge in [0, 0.05) is 12.1 Å². The number of ether oxygens (including phenoxy) is 1. The zero-order valence-electron chi connectivity index (χ0n) is 11.8. The molecular weight excluding hydrogens is 312 g/mol. The normalized spacial score (nSPS) is 11.9. The van der Waals surface area contributed by atoms with Crippen LogP contribution in [0, 0.1) is 11.6 Å². The number of carboxylic acids is 1. The first-order valence-corrected chi connectivity index (χ1v) is 6.49. The number of hydrogen-bond acceptors (Lipinski definition) is 4. The second-order valence-corrected chi connectivity index (χ2v) is 4.57. The second kappa shape index (κ2) is 6.86. The first-order chi connectivity index (χ1) is 10.9. The zero-order chi connectivity index (χ0) is 17.0. The van der Waals surface area contributed by atoms with Gasteiger partial charge in [0.15, 0.2) is 11.6 Å². The molecular formula is C14H13F2N3O4. The highest BCUT2D eigenvalue weighted by atomic mass is 19.2. The highest BCUT2D eigenvalue weighted by Gasteiger charge is 2.22. The van der Waals surface area contributed by atoms with Gasteiger partial charge in [-0.25, -0.2) is 23.4 Å². The molecule has 0 radical (unpaired) electrons. The summed E-state index contributed by atoms with van der Waals surface area (Å²) in [6.07, 6.45) is 1.63. The lowest BCUT2D eigenvalue weighted by atomic mass is 10.2. The fourth-order valence-corrected chi connectivity index (χ4v) is 1.90. The lowest BCUT2D eigenvalue weighted by Gasteiger charge is -2.15. The number of imidazole rings is 1. The fourth-order valence-electron chi connectivity index (χ4n) is 1.90. The highest BCUT2D eigenvalue weighted by molar-refractivity contribution is 5.80. The summed E-state index contributed by atoms with van der Waals surface area (Å²) in [6.45, 7) is 3.05. The maximum absolute atomic E-state index is 13.3. The standard InChI is InChI=1S/C14H13F2N3O4/c1-2-3-23-14(22)18-11(13(20)21)6-19-7-17-10-4-8(15)9(16)5-12(10)19/h2,4-5,7,11H,1,3,6H2,(H,18,22)(H,20,21). The Kier molecular flexibility index (Phi) is 4.89. The van der Waals surface area contributed by atoms with E-state index < -0.39 is 29.7 Å². The maximum atomic E-state index is 13.3. The predicted molar refractivity (Wildman–Crippen MR) is 75.8 cm³/mol. The fraction of sp³-hybridized carbons (Fsp3) is 0.214. The van der Waals surface area contributed by atoms with Crippen LogP contribution >= 0.6 is 0 Å². The molecule has 1 aromatic heterocycles. The van der Waals surface area contributed by atoms with Crippen molar-refractivity contribution in [1.29, 1.82) is 0 Å². The third-order valence-corrected chi connectivity index (χ3v) is 2.96. The molecule has 0 spiro atoms. The molecule has 1 heterocycles. The summed E-state index contributed by atoms with van der Waals surface area (Å²) >= 11 is 0. The van der Waals surface area contributed by atoms with Crippen LogP contribution < -0.4 is 5.32 Å². The minimum absolute atomic E-state index is 0.0728. The molecule has 1 atom stereocenters. The Labute approximate surface area is 129 Å². The van der Waals surface area contributed by atoms with Crippen LogP contribution in [0.2, 0.25) is 0 Å². The molecule has 2 rings (SSSR count). The molecule has 122 valence electrons. The number of alkyl carbamates (subject to hydrolysis) is 1. The Bertz CT molecular complexity index is 760. The van der Waals surface area contributed by atoms with Gasteiger partial charge in [0.05, 0.1) is 23.9 Å². The topological polar surface area (TPSA) is 93.5 Å². The van der Waals surface area contributed by atoms with Gasteiger partial charge >= 0.3 is 12.1 Å². The van der Waals surface area contributed by atoms with Gasteiger partial charge in [-0.3, -0.25) is 0 Å². The molecule has 1 unspecified atom stereocenters. The summed E-state index contributed by atoms with van der Waals surface area (Å²) in [5, 5.41) is 11.3. The Morgan fingerprint density at radius 2 is 2.13 bits per heavy atom. The molecule has 1 aromatic carbocycles. The first kappa shape index (κ1) is 16.4. The lowest BCUT2D eigenvalue weighted by Crippen LogP contribution is -2.43. The highest BCUT2D eigenvalue weighted by Crippen LogP contribution is 2.17. The van der Waals surface area contributed by atoms with Crippen LogP contribution in [-0.4, -0.2) is 39.4 Å². The zero-order valence-corrected chi connectivity index (χ0v) is 11.8. The van der Waals surface area contributed by atoms with Gasteiger partial charge in [-0.05, 0) is 0 Å². The van der Waals surface area contributed by atoms with Crippen LogP contribution in [0.3, 0.4) is 0 Å². The molecule has 23 heavy (non-hydrogen) atoms. The number of benzene rings is 1. The quantitative estimate of drug-likeness (QED) is 0.788. The van der Waals surface area contributed by atoms with Gasteiger partial charge in [-0.2, -0.15) is 0 Å². The number of halogens is 2. The average Bonchev–Trinajstić information content (AvgIpc) is 2.87. The first-order valence-electron chi connectivity index (χ1n) is 6.49. The third-order valence-electron chi connectivity index (χ3n) is 2.96. The Morgan fingerprint density at radius 3 is 2.78 bits per heavy atom.